The van der Waals surface area contributed by atoms with Crippen molar-refractivity contribution in [1.29, 1.82) is 0 Å². The van der Waals surface area contributed by atoms with E-state index in [0.29, 0.717) is 37.1 Å². The maximum Gasteiger partial charge on any atom is 0.293 e. The van der Waals surface area contributed by atoms with Gasteiger partial charge >= 0.3 is 0 Å². The molecular weight excluding hydrogens is 340 g/mol. The highest BCUT2D eigenvalue weighted by atomic mass is 16.5. The molecule has 0 aliphatic rings. The number of unbranched alkanes of at least 4 members (excludes halogenated alkanes) is 1. The molecule has 27 heavy (non-hydrogen) atoms. The third kappa shape index (κ3) is 10.6. The summed E-state index contributed by atoms with van der Waals surface area (Å²) in [5.74, 6) is 2.43. The van der Waals surface area contributed by atoms with Crippen molar-refractivity contribution >= 4 is 18.0 Å². The Morgan fingerprint density at radius 2 is 2.00 bits per heavy atom. The van der Waals surface area contributed by atoms with Crippen molar-refractivity contribution in [3.8, 4) is 12.3 Å². The number of Topliss-reactive ketones (excluding diaryl/α,β-unsaturated/α-hetero) is 2. The van der Waals surface area contributed by atoms with E-state index < -0.39 is 0 Å². The third-order valence-corrected chi connectivity index (χ3v) is 3.60. The second-order valence-corrected chi connectivity index (χ2v) is 5.66. The molecular formula is C23H28O4. The summed E-state index contributed by atoms with van der Waals surface area (Å²) in [6.45, 7) is 6.72. The molecule has 0 aliphatic carbocycles. The van der Waals surface area contributed by atoms with Crippen molar-refractivity contribution in [2.24, 2.45) is 0 Å². The zero-order valence-corrected chi connectivity index (χ0v) is 16.4. The van der Waals surface area contributed by atoms with Crippen LogP contribution in [0.2, 0.25) is 0 Å². The van der Waals surface area contributed by atoms with Gasteiger partial charge < -0.3 is 4.74 Å². The van der Waals surface area contributed by atoms with E-state index in [9.17, 15) is 14.4 Å². The summed E-state index contributed by atoms with van der Waals surface area (Å²) in [4.78, 5) is 33.2. The molecule has 1 rings (SSSR count). The van der Waals surface area contributed by atoms with Crippen LogP contribution >= 0.6 is 0 Å². The van der Waals surface area contributed by atoms with Gasteiger partial charge in [-0.05, 0) is 37.1 Å². The highest BCUT2D eigenvalue weighted by Gasteiger charge is 2.10. The van der Waals surface area contributed by atoms with Crippen molar-refractivity contribution < 1.29 is 19.1 Å². The van der Waals surface area contributed by atoms with Gasteiger partial charge in [0.1, 0.15) is 5.78 Å². The van der Waals surface area contributed by atoms with E-state index in [1.54, 1.807) is 37.3 Å². The monoisotopic (exact) mass is 368 g/mol. The van der Waals surface area contributed by atoms with Gasteiger partial charge in [0.05, 0.1) is 6.61 Å². The van der Waals surface area contributed by atoms with Gasteiger partial charge in [0.2, 0.25) is 0 Å². The average molecular weight is 368 g/mol. The van der Waals surface area contributed by atoms with Gasteiger partial charge in [-0.2, -0.15) is 0 Å². The molecule has 0 aromatic heterocycles. The normalized spacial score (nSPS) is 10.5. The molecule has 0 saturated heterocycles. The lowest BCUT2D eigenvalue weighted by molar-refractivity contribution is -0.128. The molecule has 0 aliphatic heterocycles. The predicted octanol–water partition coefficient (Wildman–Crippen LogP) is 4.49. The summed E-state index contributed by atoms with van der Waals surface area (Å²) in [6, 6.07) is 7.17. The van der Waals surface area contributed by atoms with Crippen LogP contribution in [-0.2, 0) is 20.7 Å². The zero-order chi connectivity index (χ0) is 20.5. The molecule has 0 bridgehead atoms. The SMILES string of the molecule is C#C/C=C\C(=C/C)C(=O)c1cccc(CC(=O)CC)c1.CCCCOC=O. The summed E-state index contributed by atoms with van der Waals surface area (Å²) in [5.41, 5.74) is 1.97. The van der Waals surface area contributed by atoms with Crippen LogP contribution in [0.4, 0.5) is 0 Å². The molecule has 0 N–H and O–H groups in total. The summed E-state index contributed by atoms with van der Waals surface area (Å²) < 4.78 is 4.39. The van der Waals surface area contributed by atoms with Crippen LogP contribution in [-0.4, -0.2) is 24.6 Å². The molecule has 4 nitrogen and oxygen atoms in total. The number of ketones is 2. The number of carbonyl (C=O) groups is 3. The molecule has 0 amide bonds. The molecule has 0 radical (unpaired) electrons. The molecule has 0 spiro atoms. The number of allylic oxidation sites excluding steroid dienone is 4. The van der Waals surface area contributed by atoms with Crippen molar-refractivity contribution in [3.05, 3.63) is 59.2 Å². The number of terminal acetylenes is 1. The van der Waals surface area contributed by atoms with Crippen molar-refractivity contribution in [2.75, 3.05) is 6.61 Å². The first-order valence-electron chi connectivity index (χ1n) is 9.03. The summed E-state index contributed by atoms with van der Waals surface area (Å²) in [5, 5.41) is 0. The Hall–Kier alpha value is -2.93. The fourth-order valence-electron chi connectivity index (χ4n) is 2.06. The van der Waals surface area contributed by atoms with E-state index in [1.807, 2.05) is 19.9 Å². The van der Waals surface area contributed by atoms with Gasteiger partial charge in [0, 0.05) is 24.0 Å². The Bertz CT molecular complexity index is 705. The lowest BCUT2D eigenvalue weighted by Gasteiger charge is -2.04. The molecule has 0 unspecified atom stereocenters. The molecule has 0 heterocycles. The van der Waals surface area contributed by atoms with Crippen LogP contribution in [0, 0.1) is 12.3 Å². The lowest BCUT2D eigenvalue weighted by Crippen LogP contribution is -2.05. The topological polar surface area (TPSA) is 60.4 Å². The highest BCUT2D eigenvalue weighted by Crippen LogP contribution is 2.13. The van der Waals surface area contributed by atoms with Crippen LogP contribution in [0.3, 0.4) is 0 Å². The summed E-state index contributed by atoms with van der Waals surface area (Å²) in [7, 11) is 0. The maximum atomic E-state index is 12.3. The quantitative estimate of drug-likeness (QED) is 0.152. The van der Waals surface area contributed by atoms with Gasteiger partial charge in [0.15, 0.2) is 5.78 Å². The van der Waals surface area contributed by atoms with E-state index in [1.165, 1.54) is 6.08 Å². The number of ether oxygens (including phenoxy) is 1. The third-order valence-electron chi connectivity index (χ3n) is 3.60. The number of carbonyl (C=O) groups excluding carboxylic acids is 3. The molecule has 144 valence electrons. The fraction of sp³-hybridized carbons (Fsp3) is 0.348. The van der Waals surface area contributed by atoms with Crippen LogP contribution < -0.4 is 0 Å². The molecule has 1 aromatic rings. The molecule has 0 atom stereocenters. The van der Waals surface area contributed by atoms with Crippen LogP contribution in [0.25, 0.3) is 0 Å². The van der Waals surface area contributed by atoms with Gasteiger partial charge in [-0.15, -0.1) is 6.42 Å². The van der Waals surface area contributed by atoms with E-state index in [4.69, 9.17) is 6.42 Å². The predicted molar refractivity (Wildman–Crippen MR) is 108 cm³/mol. The minimum absolute atomic E-state index is 0.0928. The van der Waals surface area contributed by atoms with E-state index in [-0.39, 0.29) is 11.6 Å². The fourth-order valence-corrected chi connectivity index (χ4v) is 2.06. The van der Waals surface area contributed by atoms with E-state index in [2.05, 4.69) is 10.7 Å². The average Bonchev–Trinajstić information content (AvgIpc) is 2.69. The Kier molecular flexibility index (Phi) is 13.7. The van der Waals surface area contributed by atoms with Crippen molar-refractivity contribution in [1.82, 2.24) is 0 Å². The van der Waals surface area contributed by atoms with Gasteiger partial charge in [-0.1, -0.05) is 50.5 Å². The Morgan fingerprint density at radius 3 is 2.56 bits per heavy atom. The second kappa shape index (κ2) is 15.3. The first-order valence-corrected chi connectivity index (χ1v) is 9.03. The lowest BCUT2D eigenvalue weighted by atomic mass is 9.98. The number of benzene rings is 1. The van der Waals surface area contributed by atoms with E-state index in [0.717, 1.165) is 18.4 Å². The van der Waals surface area contributed by atoms with Gasteiger partial charge in [-0.3, -0.25) is 14.4 Å². The molecule has 0 saturated carbocycles. The van der Waals surface area contributed by atoms with Crippen LogP contribution in [0.5, 0.6) is 0 Å². The standard InChI is InChI=1S/C18H18O2.C5H10O2/c1-4-7-10-15(5-2)18(20)16-11-8-9-14(12-16)13-17(19)6-3;1-2-3-4-7-5-6/h1,5,7-12H,6,13H2,2-3H3;5H,2-4H2,1H3/b10-7-,15-5+;. The summed E-state index contributed by atoms with van der Waals surface area (Å²) in [6.07, 6.45) is 12.9. The molecule has 0 fully saturated rings. The van der Waals surface area contributed by atoms with Gasteiger partial charge in [0.25, 0.3) is 6.47 Å². The Balaban J connectivity index is 0.000000821. The number of rotatable bonds is 10. The second-order valence-electron chi connectivity index (χ2n) is 5.66. The molecule has 4 heteroatoms. The van der Waals surface area contributed by atoms with Crippen molar-refractivity contribution in [2.45, 2.75) is 46.5 Å². The zero-order valence-electron chi connectivity index (χ0n) is 16.4. The number of hydrogen-bond acceptors (Lipinski definition) is 4. The van der Waals surface area contributed by atoms with E-state index >= 15 is 0 Å². The van der Waals surface area contributed by atoms with Gasteiger partial charge in [-0.25, -0.2) is 0 Å². The van der Waals surface area contributed by atoms with Crippen LogP contribution in [0.1, 0.15) is 56.0 Å². The first kappa shape index (κ1) is 24.1. The highest BCUT2D eigenvalue weighted by molar-refractivity contribution is 6.10. The largest absolute Gasteiger partial charge is 0.468 e. The number of hydrogen-bond donors (Lipinski definition) is 0. The minimum atomic E-state index is -0.0928. The molecule has 1 aromatic carbocycles. The smallest absolute Gasteiger partial charge is 0.293 e. The van der Waals surface area contributed by atoms with Crippen molar-refractivity contribution in [3.63, 3.8) is 0 Å². The summed E-state index contributed by atoms with van der Waals surface area (Å²) >= 11 is 0. The minimum Gasteiger partial charge on any atom is -0.468 e. The van der Waals surface area contributed by atoms with Crippen LogP contribution in [0.15, 0.2) is 48.1 Å². The Labute approximate surface area is 162 Å². The maximum absolute atomic E-state index is 12.3. The Morgan fingerprint density at radius 1 is 1.26 bits per heavy atom. The first-order chi connectivity index (χ1) is 13.0.